The van der Waals surface area contributed by atoms with Crippen molar-refractivity contribution in [2.45, 2.75) is 47.5 Å². The van der Waals surface area contributed by atoms with Crippen LogP contribution in [0.3, 0.4) is 0 Å². The van der Waals surface area contributed by atoms with Crippen LogP contribution in [0.4, 0.5) is 5.13 Å². The van der Waals surface area contributed by atoms with E-state index in [0.717, 1.165) is 34.5 Å². The van der Waals surface area contributed by atoms with Crippen LogP contribution in [0.15, 0.2) is 29.3 Å². The van der Waals surface area contributed by atoms with Crippen LogP contribution in [-0.4, -0.2) is 16.8 Å². The van der Waals surface area contributed by atoms with E-state index in [-0.39, 0.29) is 35.5 Å². The van der Waals surface area contributed by atoms with E-state index in [1.165, 1.54) is 32.9 Å². The molecule has 2 heterocycles. The minimum Gasteiger partial charge on any atom is -0.274 e. The van der Waals surface area contributed by atoms with Crippen molar-refractivity contribution in [3.63, 3.8) is 0 Å². The molecule has 2 amide bonds. The Hall–Kier alpha value is -2.27. The van der Waals surface area contributed by atoms with Crippen LogP contribution in [0, 0.1) is 44.4 Å². The summed E-state index contributed by atoms with van der Waals surface area (Å²) >= 11 is 1.46. The Morgan fingerprint density at radius 2 is 1.66 bits per heavy atom. The number of fused-ring (bicyclic) bond motifs is 5. The number of imide groups is 1. The summed E-state index contributed by atoms with van der Waals surface area (Å²) < 4.78 is 0. The molecule has 4 nitrogen and oxygen atoms in total. The zero-order chi connectivity index (χ0) is 20.6. The highest BCUT2D eigenvalue weighted by atomic mass is 32.1. The number of rotatable bonds is 2. The molecule has 0 N–H and O–H groups in total. The Morgan fingerprint density at radius 1 is 1.03 bits per heavy atom. The fourth-order valence-corrected chi connectivity index (χ4v) is 6.92. The number of anilines is 1. The topological polar surface area (TPSA) is 50.3 Å². The number of aryl methyl sites for hydroxylation is 3. The van der Waals surface area contributed by atoms with Gasteiger partial charge in [0.25, 0.3) is 0 Å². The first kappa shape index (κ1) is 18.7. The Morgan fingerprint density at radius 3 is 2.21 bits per heavy atom. The molecule has 150 valence electrons. The molecule has 0 unspecified atom stereocenters. The molecule has 1 aromatic heterocycles. The highest BCUT2D eigenvalue weighted by Gasteiger charge is 2.64. The van der Waals surface area contributed by atoms with Crippen molar-refractivity contribution < 1.29 is 9.59 Å². The first-order chi connectivity index (χ1) is 13.8. The van der Waals surface area contributed by atoms with E-state index in [0.29, 0.717) is 5.13 Å². The van der Waals surface area contributed by atoms with Gasteiger partial charge in [0.15, 0.2) is 5.13 Å². The molecule has 29 heavy (non-hydrogen) atoms. The zero-order valence-electron chi connectivity index (χ0n) is 17.6. The highest BCUT2D eigenvalue weighted by Crippen LogP contribution is 2.60. The third-order valence-electron chi connectivity index (χ3n) is 7.04. The van der Waals surface area contributed by atoms with Crippen molar-refractivity contribution in [1.82, 2.24) is 4.98 Å². The lowest BCUT2D eigenvalue weighted by molar-refractivity contribution is -0.123. The number of benzene rings is 1. The van der Waals surface area contributed by atoms with Crippen molar-refractivity contribution in [2.75, 3.05) is 4.90 Å². The summed E-state index contributed by atoms with van der Waals surface area (Å²) in [5, 5.41) is 0.542. The number of hydrogen-bond acceptors (Lipinski definition) is 4. The number of nitrogens with zero attached hydrogens (tertiary/aromatic N) is 2. The van der Waals surface area contributed by atoms with E-state index in [1.807, 2.05) is 6.92 Å². The van der Waals surface area contributed by atoms with E-state index in [1.54, 1.807) is 0 Å². The van der Waals surface area contributed by atoms with Crippen LogP contribution < -0.4 is 4.90 Å². The number of thiazole rings is 1. The number of carbonyl (C=O) groups excluding carboxylic acids is 2. The smallest absolute Gasteiger partial charge is 0.240 e. The van der Waals surface area contributed by atoms with Gasteiger partial charge in [-0.3, -0.25) is 9.59 Å². The van der Waals surface area contributed by atoms with Gasteiger partial charge in [0.2, 0.25) is 11.8 Å². The van der Waals surface area contributed by atoms with Crippen molar-refractivity contribution in [3.05, 3.63) is 45.3 Å². The average molecular weight is 407 g/mol. The van der Waals surface area contributed by atoms with Crippen LogP contribution in [-0.2, 0) is 9.59 Å². The van der Waals surface area contributed by atoms with Crippen molar-refractivity contribution in [1.29, 1.82) is 0 Å². The number of aromatic nitrogens is 1. The number of allylic oxidation sites excluding steroid dienone is 2. The Bertz CT molecular complexity index is 1060. The van der Waals surface area contributed by atoms with Gasteiger partial charge in [-0.2, -0.15) is 0 Å². The van der Waals surface area contributed by atoms with Gasteiger partial charge < -0.3 is 0 Å². The number of hydrogen-bond donors (Lipinski definition) is 0. The average Bonchev–Trinajstić information content (AvgIpc) is 3.37. The van der Waals surface area contributed by atoms with Gasteiger partial charge in [0.05, 0.1) is 17.5 Å². The normalized spacial score (nSPS) is 27.9. The Balaban J connectivity index is 1.53. The molecule has 0 spiro atoms. The van der Waals surface area contributed by atoms with Gasteiger partial charge in [0.1, 0.15) is 0 Å². The maximum atomic E-state index is 13.4. The van der Waals surface area contributed by atoms with Crippen LogP contribution in [0.2, 0.25) is 0 Å². The fraction of sp³-hybridized carbons (Fsp3) is 0.458. The maximum absolute atomic E-state index is 13.4. The van der Waals surface area contributed by atoms with Gasteiger partial charge >= 0.3 is 0 Å². The summed E-state index contributed by atoms with van der Waals surface area (Å²) in [7, 11) is 0. The second-order valence-corrected chi connectivity index (χ2v) is 10.2. The SMILES string of the molecule is CC(C)=C1[C@@H]2CC[C@@H]1[C@@H]1C(=O)N(c3nc(-c4ccc(C)cc4C)c(C)s3)C(=O)[C@H]12. The molecule has 1 saturated heterocycles. The predicted molar refractivity (Wildman–Crippen MR) is 116 cm³/mol. The Kier molecular flexibility index (Phi) is 4.11. The lowest BCUT2D eigenvalue weighted by Crippen LogP contribution is -2.33. The van der Waals surface area contributed by atoms with E-state index in [9.17, 15) is 9.59 Å². The van der Waals surface area contributed by atoms with E-state index < -0.39 is 0 Å². The molecule has 4 atom stereocenters. The predicted octanol–water partition coefficient (Wildman–Crippen LogP) is 5.22. The van der Waals surface area contributed by atoms with Crippen molar-refractivity contribution in [2.24, 2.45) is 23.7 Å². The summed E-state index contributed by atoms with van der Waals surface area (Å²) in [5.74, 6) is 0.0613. The first-order valence-corrected chi connectivity index (χ1v) is 11.2. The number of amides is 2. The molecule has 5 heteroatoms. The third kappa shape index (κ3) is 2.53. The summed E-state index contributed by atoms with van der Waals surface area (Å²) in [4.78, 5) is 34.0. The highest BCUT2D eigenvalue weighted by molar-refractivity contribution is 7.16. The molecular formula is C24H26N2O2S. The van der Waals surface area contributed by atoms with Crippen LogP contribution in [0.25, 0.3) is 11.3 Å². The van der Waals surface area contributed by atoms with Crippen LogP contribution >= 0.6 is 11.3 Å². The van der Waals surface area contributed by atoms with Gasteiger partial charge in [-0.05, 0) is 64.9 Å². The lowest BCUT2D eigenvalue weighted by Gasteiger charge is -2.18. The quantitative estimate of drug-likeness (QED) is 0.508. The Labute approximate surface area is 175 Å². The monoisotopic (exact) mass is 406 g/mol. The largest absolute Gasteiger partial charge is 0.274 e. The molecule has 2 saturated carbocycles. The summed E-state index contributed by atoms with van der Waals surface area (Å²) in [6.45, 7) is 10.4. The minimum atomic E-state index is -0.181. The molecule has 1 aliphatic heterocycles. The standard InChI is InChI=1S/C24H26N2O2S/c1-11(2)18-16-8-9-17(18)20-19(16)22(27)26(23(20)28)24-25-21(14(5)29-24)15-7-6-12(3)10-13(15)4/h6-7,10,16-17,19-20H,8-9H2,1-5H3/t16-,17-,19-,20-/m0/s1. The summed E-state index contributed by atoms with van der Waals surface area (Å²) in [6.07, 6.45) is 2.06. The molecule has 3 aliphatic rings. The molecule has 2 aromatic rings. The van der Waals surface area contributed by atoms with Gasteiger partial charge in [-0.25, -0.2) is 9.88 Å². The first-order valence-electron chi connectivity index (χ1n) is 10.4. The minimum absolute atomic E-state index is 0.0353. The molecule has 2 bridgehead atoms. The fourth-order valence-electron chi connectivity index (χ4n) is 5.99. The summed E-state index contributed by atoms with van der Waals surface area (Å²) in [6, 6.07) is 6.30. The molecule has 2 aliphatic carbocycles. The van der Waals surface area contributed by atoms with Gasteiger partial charge in [0, 0.05) is 10.4 Å². The third-order valence-corrected chi connectivity index (χ3v) is 8.00. The number of carbonyl (C=O) groups is 2. The van der Waals surface area contributed by atoms with Gasteiger partial charge in [-0.1, -0.05) is 34.9 Å². The molecular weight excluding hydrogens is 380 g/mol. The van der Waals surface area contributed by atoms with E-state index in [4.69, 9.17) is 4.98 Å². The summed E-state index contributed by atoms with van der Waals surface area (Å²) in [5.41, 5.74) is 7.00. The lowest BCUT2D eigenvalue weighted by atomic mass is 9.81. The van der Waals surface area contributed by atoms with Crippen molar-refractivity contribution >= 4 is 28.3 Å². The maximum Gasteiger partial charge on any atom is 0.240 e. The molecule has 5 rings (SSSR count). The van der Waals surface area contributed by atoms with Crippen LogP contribution in [0.1, 0.15) is 42.7 Å². The van der Waals surface area contributed by atoms with Crippen molar-refractivity contribution in [3.8, 4) is 11.3 Å². The molecule has 1 aromatic carbocycles. The van der Waals surface area contributed by atoms with E-state index >= 15 is 0 Å². The molecule has 0 radical (unpaired) electrons. The van der Waals surface area contributed by atoms with Gasteiger partial charge in [-0.15, -0.1) is 11.3 Å². The second kappa shape index (κ2) is 6.36. The van der Waals surface area contributed by atoms with Crippen LogP contribution in [0.5, 0.6) is 0 Å². The second-order valence-electron chi connectivity index (χ2n) is 9.03. The molecule has 3 fully saturated rings. The zero-order valence-corrected chi connectivity index (χ0v) is 18.4. The van der Waals surface area contributed by atoms with E-state index in [2.05, 4.69) is 45.9 Å².